The van der Waals surface area contributed by atoms with Crippen LogP contribution in [0.3, 0.4) is 0 Å². The minimum atomic E-state index is -0.423. The van der Waals surface area contributed by atoms with Gasteiger partial charge in [0.15, 0.2) is 0 Å². The van der Waals surface area contributed by atoms with Crippen LogP contribution >= 0.6 is 0 Å². The molecular formula is C35H40N2O4. The number of carbonyl (C=O) groups is 1. The van der Waals surface area contributed by atoms with E-state index in [1.807, 2.05) is 66.7 Å². The standard InChI is InChI=1S/C35H40N2O4/c1-3-5-7-8-9-12-26-40-29-19-15-27(16-20-29)35(38)41-34-24-23-33(31-13-10-11-14-32(31)34)37-36-28-17-21-30(22-18-28)39-25-6-4-2/h10-11,13-24H,3-9,12,25-26H2,1-2H3. The van der Waals surface area contributed by atoms with Crippen LogP contribution in [-0.2, 0) is 0 Å². The van der Waals surface area contributed by atoms with Gasteiger partial charge in [0, 0.05) is 10.8 Å². The van der Waals surface area contributed by atoms with Crippen molar-refractivity contribution >= 4 is 28.1 Å². The van der Waals surface area contributed by atoms with Gasteiger partial charge >= 0.3 is 5.97 Å². The lowest BCUT2D eigenvalue weighted by Gasteiger charge is -2.10. The molecule has 6 heteroatoms. The van der Waals surface area contributed by atoms with Crippen LogP contribution in [0, 0.1) is 0 Å². The summed E-state index contributed by atoms with van der Waals surface area (Å²) in [6.45, 7) is 5.75. The highest BCUT2D eigenvalue weighted by molar-refractivity contribution is 5.99. The number of azo groups is 1. The second-order valence-corrected chi connectivity index (χ2v) is 10.1. The van der Waals surface area contributed by atoms with Gasteiger partial charge < -0.3 is 14.2 Å². The average molecular weight is 553 g/mol. The highest BCUT2D eigenvalue weighted by atomic mass is 16.5. The van der Waals surface area contributed by atoms with Crippen molar-refractivity contribution in [3.8, 4) is 17.2 Å². The molecule has 0 amide bonds. The minimum Gasteiger partial charge on any atom is -0.494 e. The Morgan fingerprint density at radius 1 is 0.610 bits per heavy atom. The molecule has 214 valence electrons. The lowest BCUT2D eigenvalue weighted by molar-refractivity contribution is 0.0737. The number of hydrogen-bond acceptors (Lipinski definition) is 6. The number of benzene rings is 4. The zero-order valence-electron chi connectivity index (χ0n) is 24.2. The van der Waals surface area contributed by atoms with E-state index in [9.17, 15) is 4.79 Å². The molecule has 0 aliphatic heterocycles. The quantitative estimate of drug-likeness (QED) is 0.0600. The molecule has 0 bridgehead atoms. The summed E-state index contributed by atoms with van der Waals surface area (Å²) in [5.74, 6) is 1.63. The summed E-state index contributed by atoms with van der Waals surface area (Å²) in [6, 6.07) is 26.0. The number of nitrogens with zero attached hydrogens (tertiary/aromatic N) is 2. The van der Waals surface area contributed by atoms with Crippen molar-refractivity contribution in [1.29, 1.82) is 0 Å². The van der Waals surface area contributed by atoms with Gasteiger partial charge in [-0.15, -0.1) is 5.11 Å². The van der Waals surface area contributed by atoms with Crippen LogP contribution < -0.4 is 14.2 Å². The Morgan fingerprint density at radius 3 is 1.93 bits per heavy atom. The Labute approximate surface area is 243 Å². The third-order valence-corrected chi connectivity index (χ3v) is 6.80. The molecule has 0 fully saturated rings. The second kappa shape index (κ2) is 16.2. The first-order valence-electron chi connectivity index (χ1n) is 14.8. The maximum absolute atomic E-state index is 12.9. The first-order chi connectivity index (χ1) is 20.2. The number of esters is 1. The number of unbranched alkanes of at least 4 members (excludes halogenated alkanes) is 6. The van der Waals surface area contributed by atoms with Gasteiger partial charge in [0.2, 0.25) is 0 Å². The van der Waals surface area contributed by atoms with Crippen LogP contribution in [0.25, 0.3) is 10.8 Å². The van der Waals surface area contributed by atoms with Gasteiger partial charge in [0.05, 0.1) is 30.2 Å². The zero-order chi connectivity index (χ0) is 28.7. The van der Waals surface area contributed by atoms with Gasteiger partial charge in [-0.25, -0.2) is 4.79 Å². The zero-order valence-corrected chi connectivity index (χ0v) is 24.2. The Morgan fingerprint density at radius 2 is 1.22 bits per heavy atom. The van der Waals surface area contributed by atoms with E-state index in [1.165, 1.54) is 32.1 Å². The minimum absolute atomic E-state index is 0.423. The van der Waals surface area contributed by atoms with Gasteiger partial charge in [-0.05, 0) is 73.5 Å². The number of rotatable bonds is 16. The van der Waals surface area contributed by atoms with E-state index in [0.717, 1.165) is 47.2 Å². The summed E-state index contributed by atoms with van der Waals surface area (Å²) in [6.07, 6.45) is 9.44. The molecule has 6 nitrogen and oxygen atoms in total. The molecule has 0 radical (unpaired) electrons. The van der Waals surface area contributed by atoms with Crippen molar-refractivity contribution in [2.75, 3.05) is 13.2 Å². The molecule has 41 heavy (non-hydrogen) atoms. The Hall–Kier alpha value is -4.19. The van der Waals surface area contributed by atoms with E-state index in [4.69, 9.17) is 14.2 Å². The average Bonchev–Trinajstić information content (AvgIpc) is 3.01. The molecule has 0 saturated carbocycles. The van der Waals surface area contributed by atoms with Crippen LogP contribution in [0.1, 0.15) is 75.6 Å². The van der Waals surface area contributed by atoms with Gasteiger partial charge in [-0.3, -0.25) is 0 Å². The second-order valence-electron chi connectivity index (χ2n) is 10.1. The largest absolute Gasteiger partial charge is 0.494 e. The van der Waals surface area contributed by atoms with E-state index in [1.54, 1.807) is 18.2 Å². The van der Waals surface area contributed by atoms with Crippen LogP contribution in [0.5, 0.6) is 17.2 Å². The molecule has 0 N–H and O–H groups in total. The van der Waals surface area contributed by atoms with E-state index in [-0.39, 0.29) is 0 Å². The predicted molar refractivity (Wildman–Crippen MR) is 165 cm³/mol. The number of ether oxygens (including phenoxy) is 3. The smallest absolute Gasteiger partial charge is 0.343 e. The number of fused-ring (bicyclic) bond motifs is 1. The highest BCUT2D eigenvalue weighted by Crippen LogP contribution is 2.35. The van der Waals surface area contributed by atoms with Gasteiger partial charge in [-0.1, -0.05) is 76.6 Å². The van der Waals surface area contributed by atoms with Crippen LogP contribution in [0.15, 0.2) is 95.2 Å². The summed E-state index contributed by atoms with van der Waals surface area (Å²) >= 11 is 0. The molecular weight excluding hydrogens is 512 g/mol. The third kappa shape index (κ3) is 9.17. The van der Waals surface area contributed by atoms with Gasteiger partial charge in [-0.2, -0.15) is 5.11 Å². The molecule has 0 aliphatic carbocycles. The van der Waals surface area contributed by atoms with E-state index in [0.29, 0.717) is 30.2 Å². The topological polar surface area (TPSA) is 69.5 Å². The third-order valence-electron chi connectivity index (χ3n) is 6.80. The Bertz CT molecular complexity index is 1400. The summed E-state index contributed by atoms with van der Waals surface area (Å²) in [7, 11) is 0. The van der Waals surface area contributed by atoms with Crippen molar-refractivity contribution < 1.29 is 19.0 Å². The summed E-state index contributed by atoms with van der Waals surface area (Å²) < 4.78 is 17.4. The first kappa shape index (κ1) is 29.8. The lowest BCUT2D eigenvalue weighted by Crippen LogP contribution is -2.08. The van der Waals surface area contributed by atoms with Crippen molar-refractivity contribution in [2.24, 2.45) is 10.2 Å². The normalized spacial score (nSPS) is 11.2. The molecule has 4 aromatic carbocycles. The summed E-state index contributed by atoms with van der Waals surface area (Å²) in [5, 5.41) is 10.5. The molecule has 0 heterocycles. The molecule has 0 aromatic heterocycles. The van der Waals surface area contributed by atoms with E-state index in [2.05, 4.69) is 24.1 Å². The maximum atomic E-state index is 12.9. The molecule has 0 aliphatic rings. The molecule has 4 rings (SSSR count). The highest BCUT2D eigenvalue weighted by Gasteiger charge is 2.13. The van der Waals surface area contributed by atoms with Crippen LogP contribution in [0.4, 0.5) is 11.4 Å². The fourth-order valence-electron chi connectivity index (χ4n) is 4.41. The molecule has 0 unspecified atom stereocenters. The van der Waals surface area contributed by atoms with Gasteiger partial charge in [0.25, 0.3) is 0 Å². The Kier molecular flexibility index (Phi) is 11.7. The number of carbonyl (C=O) groups excluding carboxylic acids is 1. The summed E-state index contributed by atoms with van der Waals surface area (Å²) in [5.41, 5.74) is 1.88. The monoisotopic (exact) mass is 552 g/mol. The van der Waals surface area contributed by atoms with Crippen molar-refractivity contribution in [2.45, 2.75) is 65.2 Å². The van der Waals surface area contributed by atoms with E-state index < -0.39 is 5.97 Å². The molecule has 0 spiro atoms. The van der Waals surface area contributed by atoms with Crippen LogP contribution in [0.2, 0.25) is 0 Å². The lowest BCUT2D eigenvalue weighted by atomic mass is 10.1. The fraction of sp³-hybridized carbons (Fsp3) is 0.343. The fourth-order valence-corrected chi connectivity index (χ4v) is 4.41. The van der Waals surface area contributed by atoms with E-state index >= 15 is 0 Å². The number of hydrogen-bond donors (Lipinski definition) is 0. The predicted octanol–water partition coefficient (Wildman–Crippen LogP) is 10.4. The first-order valence-corrected chi connectivity index (χ1v) is 14.8. The SMILES string of the molecule is CCCCCCCCOc1ccc(C(=O)Oc2ccc(N=Nc3ccc(OCCCC)cc3)c3ccccc23)cc1. The molecule has 0 saturated heterocycles. The Balaban J connectivity index is 1.36. The van der Waals surface area contributed by atoms with Crippen molar-refractivity contribution in [1.82, 2.24) is 0 Å². The van der Waals surface area contributed by atoms with Crippen molar-refractivity contribution in [3.05, 3.63) is 90.5 Å². The molecule has 4 aromatic rings. The van der Waals surface area contributed by atoms with Gasteiger partial charge in [0.1, 0.15) is 17.2 Å². The maximum Gasteiger partial charge on any atom is 0.343 e. The van der Waals surface area contributed by atoms with Crippen molar-refractivity contribution in [3.63, 3.8) is 0 Å². The summed E-state index contributed by atoms with van der Waals surface area (Å²) in [4.78, 5) is 12.9. The molecule has 0 atom stereocenters. The van der Waals surface area contributed by atoms with Crippen LogP contribution in [-0.4, -0.2) is 19.2 Å².